The second-order valence-corrected chi connectivity index (χ2v) is 10.3. The summed E-state index contributed by atoms with van der Waals surface area (Å²) in [6.07, 6.45) is 4.06. The molecule has 0 N–H and O–H groups in total. The molecule has 0 aliphatic carbocycles. The minimum atomic E-state index is 0.994. The van der Waals surface area contributed by atoms with E-state index in [1.807, 2.05) is 12.4 Å². The van der Waals surface area contributed by atoms with E-state index in [1.54, 1.807) is 0 Å². The zero-order valence-electron chi connectivity index (χ0n) is 21.0. The van der Waals surface area contributed by atoms with E-state index in [-0.39, 0.29) is 0 Å². The van der Waals surface area contributed by atoms with Gasteiger partial charge < -0.3 is 4.40 Å². The maximum Gasteiger partial charge on any atom is 0.0726 e. The topological polar surface area (TPSA) is 30.2 Å². The van der Waals surface area contributed by atoms with Crippen molar-refractivity contribution in [3.05, 3.63) is 128 Å². The van der Waals surface area contributed by atoms with Crippen molar-refractivity contribution < 1.29 is 0 Å². The van der Waals surface area contributed by atoms with Crippen LogP contribution in [0.15, 0.2) is 128 Å². The molecule has 4 heterocycles. The summed E-state index contributed by atoms with van der Waals surface area (Å²) in [6, 6.07) is 41.0. The van der Waals surface area contributed by atoms with E-state index in [0.717, 1.165) is 33.5 Å². The first-order valence-corrected chi connectivity index (χ1v) is 13.3. The van der Waals surface area contributed by atoms with Crippen molar-refractivity contribution in [3.63, 3.8) is 0 Å². The largest absolute Gasteiger partial charge is 0.305 e. The number of benzene rings is 5. The van der Waals surface area contributed by atoms with Crippen LogP contribution >= 0.6 is 0 Å². The van der Waals surface area contributed by atoms with E-state index in [2.05, 4.69) is 120 Å². The van der Waals surface area contributed by atoms with Crippen LogP contribution in [0.3, 0.4) is 0 Å². The van der Waals surface area contributed by atoms with Gasteiger partial charge in [-0.15, -0.1) is 0 Å². The van der Waals surface area contributed by atoms with E-state index in [9.17, 15) is 0 Å². The molecule has 4 aromatic heterocycles. The average molecular weight is 496 g/mol. The standard InChI is InChI=1S/C36H21N3/c1-3-12-24-22(8-1)10-5-14-26(24)32-18-30-28-16-7-17-29-31-19-33(27-15-6-11-23-9-2-4-13-25(23)27)38-21-35(31)39(36(28)29)34(30)20-37-32/h1-21H. The van der Waals surface area contributed by atoms with Gasteiger partial charge in [0.25, 0.3) is 0 Å². The third-order valence-electron chi connectivity index (χ3n) is 8.22. The Labute approximate surface area is 223 Å². The molecule has 0 aliphatic heterocycles. The molecular formula is C36H21N3. The Kier molecular flexibility index (Phi) is 4.05. The SMILES string of the molecule is c1ccc2c(-c3cc4c5cccc6c7cc(-c8cccc9ccccc89)ncc7n(c4cn3)c56)cccc2c1. The third-order valence-corrected chi connectivity index (χ3v) is 8.22. The molecule has 0 spiro atoms. The average Bonchev–Trinajstić information content (AvgIpc) is 3.52. The summed E-state index contributed by atoms with van der Waals surface area (Å²) in [5, 5.41) is 9.82. The third kappa shape index (κ3) is 2.82. The molecule has 9 aromatic rings. The molecule has 0 bridgehead atoms. The highest BCUT2D eigenvalue weighted by Gasteiger charge is 2.19. The van der Waals surface area contributed by atoms with E-state index < -0.39 is 0 Å². The predicted octanol–water partition coefficient (Wildman–Crippen LogP) is 9.27. The van der Waals surface area contributed by atoms with Crippen molar-refractivity contribution in [2.75, 3.05) is 0 Å². The Morgan fingerprint density at radius 2 is 0.846 bits per heavy atom. The normalized spacial score (nSPS) is 12.1. The van der Waals surface area contributed by atoms with E-state index in [1.165, 1.54) is 48.6 Å². The molecule has 0 aliphatic rings. The maximum atomic E-state index is 4.99. The molecule has 0 amide bonds. The quantitative estimate of drug-likeness (QED) is 0.239. The molecule has 0 saturated carbocycles. The number of nitrogens with zero attached hydrogens (tertiary/aromatic N) is 3. The molecule has 3 heteroatoms. The second kappa shape index (κ2) is 7.62. The van der Waals surface area contributed by atoms with Gasteiger partial charge in [-0.3, -0.25) is 9.97 Å². The highest BCUT2D eigenvalue weighted by Crippen LogP contribution is 2.41. The van der Waals surface area contributed by atoms with Crippen LogP contribution < -0.4 is 0 Å². The molecule has 180 valence electrons. The Morgan fingerprint density at radius 3 is 1.38 bits per heavy atom. The summed E-state index contributed by atoms with van der Waals surface area (Å²) in [5.74, 6) is 0. The van der Waals surface area contributed by atoms with Crippen molar-refractivity contribution >= 4 is 59.6 Å². The lowest BCUT2D eigenvalue weighted by molar-refractivity contribution is 1.28. The minimum absolute atomic E-state index is 0.994. The fourth-order valence-corrected chi connectivity index (χ4v) is 6.47. The number of hydrogen-bond acceptors (Lipinski definition) is 2. The molecule has 9 rings (SSSR count). The minimum Gasteiger partial charge on any atom is -0.305 e. The van der Waals surface area contributed by atoms with Crippen molar-refractivity contribution in [1.29, 1.82) is 0 Å². The molecule has 0 saturated heterocycles. The van der Waals surface area contributed by atoms with Gasteiger partial charge in [-0.2, -0.15) is 0 Å². The number of pyridine rings is 2. The first kappa shape index (κ1) is 20.7. The van der Waals surface area contributed by atoms with Crippen LogP contribution in [-0.2, 0) is 0 Å². The van der Waals surface area contributed by atoms with Gasteiger partial charge in [-0.25, -0.2) is 0 Å². The Morgan fingerprint density at radius 1 is 0.410 bits per heavy atom. The lowest BCUT2D eigenvalue weighted by atomic mass is 10.00. The van der Waals surface area contributed by atoms with Gasteiger partial charge in [0.2, 0.25) is 0 Å². The summed E-state index contributed by atoms with van der Waals surface area (Å²) < 4.78 is 2.34. The smallest absolute Gasteiger partial charge is 0.0726 e. The molecular weight excluding hydrogens is 474 g/mol. The van der Waals surface area contributed by atoms with Crippen molar-refractivity contribution in [2.24, 2.45) is 0 Å². The van der Waals surface area contributed by atoms with Crippen LogP contribution in [0.4, 0.5) is 0 Å². The summed E-state index contributed by atoms with van der Waals surface area (Å²) in [7, 11) is 0. The predicted molar refractivity (Wildman–Crippen MR) is 163 cm³/mol. The lowest BCUT2D eigenvalue weighted by Gasteiger charge is -2.08. The van der Waals surface area contributed by atoms with Gasteiger partial charge in [-0.05, 0) is 33.7 Å². The first-order chi connectivity index (χ1) is 19.3. The number of para-hydroxylation sites is 1. The van der Waals surface area contributed by atoms with Crippen LogP contribution in [0.25, 0.3) is 82.2 Å². The van der Waals surface area contributed by atoms with Crippen LogP contribution in [0.2, 0.25) is 0 Å². The Hall–Kier alpha value is -5.28. The van der Waals surface area contributed by atoms with Crippen LogP contribution in [-0.4, -0.2) is 14.4 Å². The Bertz CT molecular complexity index is 2220. The highest BCUT2D eigenvalue weighted by atomic mass is 14.9. The highest BCUT2D eigenvalue weighted by molar-refractivity contribution is 6.23. The molecule has 5 aromatic carbocycles. The van der Waals surface area contributed by atoms with Crippen LogP contribution in [0, 0.1) is 0 Å². The van der Waals surface area contributed by atoms with Crippen molar-refractivity contribution in [3.8, 4) is 22.5 Å². The second-order valence-electron chi connectivity index (χ2n) is 10.3. The number of rotatable bonds is 2. The van der Waals surface area contributed by atoms with Crippen LogP contribution in [0.1, 0.15) is 0 Å². The number of aromatic nitrogens is 3. The van der Waals surface area contributed by atoms with Gasteiger partial charge in [0.15, 0.2) is 0 Å². The number of fused-ring (bicyclic) bond motifs is 8. The molecule has 0 atom stereocenters. The van der Waals surface area contributed by atoms with Gasteiger partial charge in [-0.1, -0.05) is 103 Å². The molecule has 0 fully saturated rings. The van der Waals surface area contributed by atoms with Crippen LogP contribution in [0.5, 0.6) is 0 Å². The first-order valence-electron chi connectivity index (χ1n) is 13.3. The zero-order chi connectivity index (χ0) is 25.5. The Balaban J connectivity index is 1.31. The molecule has 0 radical (unpaired) electrons. The summed E-state index contributed by atoms with van der Waals surface area (Å²) in [4.78, 5) is 9.97. The van der Waals surface area contributed by atoms with Gasteiger partial charge in [0, 0.05) is 32.7 Å². The monoisotopic (exact) mass is 495 g/mol. The maximum absolute atomic E-state index is 4.99. The fourth-order valence-electron chi connectivity index (χ4n) is 6.47. The molecule has 0 unspecified atom stereocenters. The van der Waals surface area contributed by atoms with E-state index in [4.69, 9.17) is 9.97 Å². The molecule has 39 heavy (non-hydrogen) atoms. The van der Waals surface area contributed by atoms with Gasteiger partial charge >= 0.3 is 0 Å². The zero-order valence-corrected chi connectivity index (χ0v) is 21.0. The summed E-state index contributed by atoms with van der Waals surface area (Å²) in [5.41, 5.74) is 7.76. The van der Waals surface area contributed by atoms with Crippen molar-refractivity contribution in [1.82, 2.24) is 14.4 Å². The summed E-state index contributed by atoms with van der Waals surface area (Å²) in [6.45, 7) is 0. The van der Waals surface area contributed by atoms with Crippen molar-refractivity contribution in [2.45, 2.75) is 0 Å². The van der Waals surface area contributed by atoms with E-state index >= 15 is 0 Å². The van der Waals surface area contributed by atoms with E-state index in [0.29, 0.717) is 0 Å². The summed E-state index contributed by atoms with van der Waals surface area (Å²) >= 11 is 0. The fraction of sp³-hybridized carbons (Fsp3) is 0. The van der Waals surface area contributed by atoms with Gasteiger partial charge in [0.05, 0.1) is 40.3 Å². The van der Waals surface area contributed by atoms with Gasteiger partial charge in [0.1, 0.15) is 0 Å². The number of hydrogen-bond donors (Lipinski definition) is 0. The lowest BCUT2D eigenvalue weighted by Crippen LogP contribution is -1.89. The molecule has 3 nitrogen and oxygen atoms in total.